The third kappa shape index (κ3) is 1.68. The minimum atomic E-state index is -0.859. The standard InChI is InChI=1S/C7H4Cl2O3/c8-7(9)5-1-4(2-10)12-6(5)3-11/h1-3,7H. The number of hydrogen-bond donors (Lipinski definition) is 0. The SMILES string of the molecule is O=Cc1cc(C(Cl)Cl)c(C=O)o1. The lowest BCUT2D eigenvalue weighted by Crippen LogP contribution is -1.83. The average molecular weight is 207 g/mol. The zero-order chi connectivity index (χ0) is 9.14. The molecule has 0 unspecified atom stereocenters. The van der Waals surface area contributed by atoms with Crippen molar-refractivity contribution in [1.82, 2.24) is 0 Å². The smallest absolute Gasteiger partial charge is 0.185 e. The molecule has 0 fully saturated rings. The number of furan rings is 1. The third-order valence-electron chi connectivity index (χ3n) is 1.27. The highest BCUT2D eigenvalue weighted by Crippen LogP contribution is 2.28. The molecule has 12 heavy (non-hydrogen) atoms. The van der Waals surface area contributed by atoms with Crippen LogP contribution in [0, 0.1) is 0 Å². The van der Waals surface area contributed by atoms with E-state index >= 15 is 0 Å². The Morgan fingerprint density at radius 3 is 2.33 bits per heavy atom. The molecule has 0 saturated carbocycles. The molecule has 1 aromatic rings. The van der Waals surface area contributed by atoms with E-state index in [-0.39, 0.29) is 11.5 Å². The van der Waals surface area contributed by atoms with Gasteiger partial charge in [0.05, 0.1) is 0 Å². The van der Waals surface area contributed by atoms with Crippen LogP contribution in [0.4, 0.5) is 0 Å². The third-order valence-corrected chi connectivity index (χ3v) is 1.74. The van der Waals surface area contributed by atoms with Gasteiger partial charge in [0, 0.05) is 5.56 Å². The Hall–Kier alpha value is -0.800. The van der Waals surface area contributed by atoms with Crippen LogP contribution in [-0.2, 0) is 0 Å². The maximum Gasteiger partial charge on any atom is 0.185 e. The molecular weight excluding hydrogens is 203 g/mol. The van der Waals surface area contributed by atoms with E-state index in [0.717, 1.165) is 0 Å². The second-order valence-electron chi connectivity index (χ2n) is 2.00. The van der Waals surface area contributed by atoms with Crippen molar-refractivity contribution in [3.8, 4) is 0 Å². The van der Waals surface area contributed by atoms with Gasteiger partial charge in [0.25, 0.3) is 0 Å². The van der Waals surface area contributed by atoms with Gasteiger partial charge in [0.1, 0.15) is 4.84 Å². The van der Waals surface area contributed by atoms with Gasteiger partial charge in [-0.3, -0.25) is 9.59 Å². The first kappa shape index (κ1) is 9.29. The van der Waals surface area contributed by atoms with Gasteiger partial charge in [-0.2, -0.15) is 0 Å². The van der Waals surface area contributed by atoms with Crippen molar-refractivity contribution in [2.45, 2.75) is 4.84 Å². The second-order valence-corrected chi connectivity index (χ2v) is 3.10. The predicted molar refractivity (Wildman–Crippen MR) is 43.9 cm³/mol. The monoisotopic (exact) mass is 206 g/mol. The zero-order valence-corrected chi connectivity index (χ0v) is 7.30. The Balaban J connectivity index is 3.16. The van der Waals surface area contributed by atoms with Crippen LogP contribution in [0.3, 0.4) is 0 Å². The fourth-order valence-corrected chi connectivity index (χ4v) is 1.10. The predicted octanol–water partition coefficient (Wildman–Crippen LogP) is 2.38. The fraction of sp³-hybridized carbons (Fsp3) is 0.143. The molecule has 64 valence electrons. The number of hydrogen-bond acceptors (Lipinski definition) is 3. The molecular formula is C7H4Cl2O3. The highest BCUT2D eigenvalue weighted by Gasteiger charge is 2.15. The average Bonchev–Trinajstić information content (AvgIpc) is 2.47. The molecule has 0 spiro atoms. The second kappa shape index (κ2) is 3.74. The zero-order valence-electron chi connectivity index (χ0n) is 5.79. The first-order chi connectivity index (χ1) is 5.69. The first-order valence-corrected chi connectivity index (χ1v) is 3.88. The van der Waals surface area contributed by atoms with Crippen LogP contribution in [0.15, 0.2) is 10.5 Å². The Bertz CT molecular complexity index is 304. The van der Waals surface area contributed by atoms with Gasteiger partial charge < -0.3 is 4.42 Å². The van der Waals surface area contributed by atoms with Gasteiger partial charge in [-0.25, -0.2) is 0 Å². The van der Waals surface area contributed by atoms with Crippen LogP contribution in [0.25, 0.3) is 0 Å². The van der Waals surface area contributed by atoms with Crippen molar-refractivity contribution in [3.63, 3.8) is 0 Å². The number of carbonyl (C=O) groups excluding carboxylic acids is 2. The Kier molecular flexibility index (Phi) is 2.89. The summed E-state index contributed by atoms with van der Waals surface area (Å²) in [5.41, 5.74) is 0.315. The van der Waals surface area contributed by atoms with Gasteiger partial charge in [-0.15, -0.1) is 0 Å². The summed E-state index contributed by atoms with van der Waals surface area (Å²) >= 11 is 11.0. The van der Waals surface area contributed by atoms with Gasteiger partial charge in [-0.1, -0.05) is 23.2 Å². The fourth-order valence-electron chi connectivity index (χ4n) is 0.760. The van der Waals surface area contributed by atoms with Crippen molar-refractivity contribution < 1.29 is 14.0 Å². The molecule has 0 aliphatic heterocycles. The molecule has 3 nitrogen and oxygen atoms in total. The van der Waals surface area contributed by atoms with Crippen LogP contribution in [0.5, 0.6) is 0 Å². The van der Waals surface area contributed by atoms with Gasteiger partial charge in [0.15, 0.2) is 24.1 Å². The molecule has 5 heteroatoms. The summed E-state index contributed by atoms with van der Waals surface area (Å²) < 4.78 is 4.77. The molecule has 1 heterocycles. The first-order valence-electron chi connectivity index (χ1n) is 3.01. The van der Waals surface area contributed by atoms with Crippen molar-refractivity contribution in [2.24, 2.45) is 0 Å². The quantitative estimate of drug-likeness (QED) is 0.564. The van der Waals surface area contributed by atoms with Crippen molar-refractivity contribution >= 4 is 35.8 Å². The summed E-state index contributed by atoms with van der Waals surface area (Å²) in [6.45, 7) is 0. The molecule has 0 atom stereocenters. The summed E-state index contributed by atoms with van der Waals surface area (Å²) in [6, 6.07) is 1.33. The molecule has 1 aromatic heterocycles. The highest BCUT2D eigenvalue weighted by molar-refractivity contribution is 6.44. The van der Waals surface area contributed by atoms with Crippen LogP contribution in [0.2, 0.25) is 0 Å². The molecule has 0 amide bonds. The van der Waals surface area contributed by atoms with E-state index in [1.54, 1.807) is 0 Å². The van der Waals surface area contributed by atoms with E-state index in [4.69, 9.17) is 27.6 Å². The van der Waals surface area contributed by atoms with Crippen molar-refractivity contribution in [1.29, 1.82) is 0 Å². The van der Waals surface area contributed by atoms with Crippen LogP contribution in [-0.4, -0.2) is 12.6 Å². The molecule has 0 aromatic carbocycles. The normalized spacial score (nSPS) is 10.2. The van der Waals surface area contributed by atoms with Gasteiger partial charge in [-0.05, 0) is 6.07 Å². The number of aldehydes is 2. The molecule has 0 N–H and O–H groups in total. The number of alkyl halides is 2. The summed E-state index contributed by atoms with van der Waals surface area (Å²) in [5.74, 6) is 0.0329. The lowest BCUT2D eigenvalue weighted by molar-refractivity contribution is 0.108. The molecule has 0 bridgehead atoms. The van der Waals surface area contributed by atoms with E-state index < -0.39 is 4.84 Å². The number of halogens is 2. The Morgan fingerprint density at radius 1 is 1.33 bits per heavy atom. The molecule has 0 saturated heterocycles. The van der Waals surface area contributed by atoms with E-state index in [2.05, 4.69) is 0 Å². The van der Waals surface area contributed by atoms with Crippen LogP contribution in [0.1, 0.15) is 31.5 Å². The van der Waals surface area contributed by atoms with Crippen molar-refractivity contribution in [2.75, 3.05) is 0 Å². The topological polar surface area (TPSA) is 47.3 Å². The van der Waals surface area contributed by atoms with E-state index in [0.29, 0.717) is 18.1 Å². The Morgan fingerprint density at radius 2 is 2.00 bits per heavy atom. The molecule has 1 rings (SSSR count). The molecule has 0 aliphatic carbocycles. The maximum atomic E-state index is 10.3. The summed E-state index contributed by atoms with van der Waals surface area (Å²) in [7, 11) is 0. The van der Waals surface area contributed by atoms with Gasteiger partial charge in [0.2, 0.25) is 0 Å². The highest BCUT2D eigenvalue weighted by atomic mass is 35.5. The number of rotatable bonds is 3. The summed E-state index contributed by atoms with van der Waals surface area (Å²) in [5, 5.41) is 0. The lowest BCUT2D eigenvalue weighted by Gasteiger charge is -1.93. The van der Waals surface area contributed by atoms with E-state index in [1.807, 2.05) is 0 Å². The largest absolute Gasteiger partial charge is 0.450 e. The summed E-state index contributed by atoms with van der Waals surface area (Å²) in [4.78, 5) is 19.7. The van der Waals surface area contributed by atoms with E-state index in [9.17, 15) is 9.59 Å². The van der Waals surface area contributed by atoms with Crippen LogP contribution < -0.4 is 0 Å². The minimum absolute atomic E-state index is 0.00731. The minimum Gasteiger partial charge on any atom is -0.450 e. The van der Waals surface area contributed by atoms with E-state index in [1.165, 1.54) is 6.07 Å². The maximum absolute atomic E-state index is 10.3. The molecule has 0 aliphatic rings. The summed E-state index contributed by atoms with van der Waals surface area (Å²) in [6.07, 6.45) is 0.937. The van der Waals surface area contributed by atoms with Crippen molar-refractivity contribution in [3.05, 3.63) is 23.2 Å². The molecule has 0 radical (unpaired) electrons. The Labute approximate surface area is 78.3 Å². The van der Waals surface area contributed by atoms with Crippen LogP contribution >= 0.6 is 23.2 Å². The van der Waals surface area contributed by atoms with Gasteiger partial charge >= 0.3 is 0 Å². The number of carbonyl (C=O) groups is 2. The lowest BCUT2D eigenvalue weighted by atomic mass is 10.3.